The number of aryl methyl sites for hydroxylation is 1. The lowest BCUT2D eigenvalue weighted by molar-refractivity contribution is -0.114. The molecule has 4 aromatic rings. The third-order valence-electron chi connectivity index (χ3n) is 4.37. The van der Waals surface area contributed by atoms with E-state index in [0.29, 0.717) is 5.69 Å². The number of nitrogens with zero attached hydrogens (tertiary/aromatic N) is 2. The van der Waals surface area contributed by atoms with Crippen LogP contribution in [0, 0.1) is 6.92 Å². The zero-order valence-corrected chi connectivity index (χ0v) is 13.9. The standard InChI is InChI=1S/C20H18N4O/c1-13-20(17-8-4-6-14-5-2-3-7-16(14)17)23-18-10-9-15(12-24(13)18)22-19(25)11-21/h2-10,12H,11,21H2,1H3,(H,22,25). The van der Waals surface area contributed by atoms with E-state index in [0.717, 1.165) is 22.6 Å². The Morgan fingerprint density at radius 2 is 1.92 bits per heavy atom. The second kappa shape index (κ2) is 6.03. The van der Waals surface area contributed by atoms with Gasteiger partial charge in [0.1, 0.15) is 5.65 Å². The molecule has 2 aromatic heterocycles. The van der Waals surface area contributed by atoms with Crippen LogP contribution in [-0.2, 0) is 4.79 Å². The lowest BCUT2D eigenvalue weighted by Gasteiger charge is -2.06. The molecule has 5 nitrogen and oxygen atoms in total. The van der Waals surface area contributed by atoms with E-state index in [2.05, 4.69) is 29.6 Å². The second-order valence-corrected chi connectivity index (χ2v) is 5.97. The predicted octanol–water partition coefficient (Wildman–Crippen LogP) is 3.36. The molecule has 0 bridgehead atoms. The van der Waals surface area contributed by atoms with Gasteiger partial charge >= 0.3 is 0 Å². The molecule has 3 N–H and O–H groups in total. The van der Waals surface area contributed by atoms with Crippen LogP contribution >= 0.6 is 0 Å². The average Bonchev–Trinajstić information content (AvgIpc) is 2.97. The summed E-state index contributed by atoms with van der Waals surface area (Å²) in [6, 6.07) is 18.3. The Balaban J connectivity index is 1.88. The zero-order valence-electron chi connectivity index (χ0n) is 13.9. The van der Waals surface area contributed by atoms with Gasteiger partial charge in [-0.15, -0.1) is 0 Å². The van der Waals surface area contributed by atoms with Crippen molar-refractivity contribution in [3.05, 3.63) is 66.5 Å². The first-order chi connectivity index (χ1) is 12.2. The molecule has 5 heteroatoms. The van der Waals surface area contributed by atoms with Gasteiger partial charge in [0.05, 0.1) is 17.9 Å². The molecule has 0 saturated carbocycles. The monoisotopic (exact) mass is 330 g/mol. The summed E-state index contributed by atoms with van der Waals surface area (Å²) in [6.45, 7) is 1.99. The molecule has 0 spiro atoms. The minimum atomic E-state index is -0.216. The summed E-state index contributed by atoms with van der Waals surface area (Å²) in [5.41, 5.74) is 9.98. The zero-order chi connectivity index (χ0) is 17.4. The highest BCUT2D eigenvalue weighted by molar-refractivity contribution is 5.97. The maximum absolute atomic E-state index is 11.5. The van der Waals surface area contributed by atoms with Gasteiger partial charge in [0, 0.05) is 17.5 Å². The number of amides is 1. The number of aromatic nitrogens is 2. The number of hydrogen-bond donors (Lipinski definition) is 2. The van der Waals surface area contributed by atoms with Crippen molar-refractivity contribution in [2.75, 3.05) is 11.9 Å². The summed E-state index contributed by atoms with van der Waals surface area (Å²) in [6.07, 6.45) is 1.87. The Labute approximate surface area is 145 Å². The molecule has 0 aliphatic carbocycles. The molecule has 0 aliphatic rings. The van der Waals surface area contributed by atoms with Gasteiger partial charge in [-0.2, -0.15) is 0 Å². The van der Waals surface area contributed by atoms with Crippen molar-refractivity contribution in [2.24, 2.45) is 5.73 Å². The Morgan fingerprint density at radius 3 is 2.76 bits per heavy atom. The Kier molecular flexibility index (Phi) is 3.71. The Hall–Kier alpha value is -3.18. The molecule has 2 heterocycles. The number of fused-ring (bicyclic) bond motifs is 2. The number of rotatable bonds is 3. The molecule has 0 fully saturated rings. The quantitative estimate of drug-likeness (QED) is 0.605. The van der Waals surface area contributed by atoms with Crippen LogP contribution in [-0.4, -0.2) is 21.8 Å². The molecular formula is C20H18N4O. The van der Waals surface area contributed by atoms with Crippen LogP contribution in [0.3, 0.4) is 0 Å². The number of nitrogens with one attached hydrogen (secondary N) is 1. The number of hydrogen-bond acceptors (Lipinski definition) is 3. The molecular weight excluding hydrogens is 312 g/mol. The molecule has 124 valence electrons. The molecule has 0 saturated heterocycles. The molecule has 0 radical (unpaired) electrons. The summed E-state index contributed by atoms with van der Waals surface area (Å²) in [4.78, 5) is 16.3. The number of benzene rings is 2. The number of nitrogens with two attached hydrogens (primary N) is 1. The molecule has 0 unspecified atom stereocenters. The van der Waals surface area contributed by atoms with Gasteiger partial charge in [-0.25, -0.2) is 4.98 Å². The molecule has 25 heavy (non-hydrogen) atoms. The average molecular weight is 330 g/mol. The third-order valence-corrected chi connectivity index (χ3v) is 4.37. The normalized spacial score (nSPS) is 11.1. The van der Waals surface area contributed by atoms with Gasteiger partial charge in [0.2, 0.25) is 5.91 Å². The van der Waals surface area contributed by atoms with Crippen molar-refractivity contribution >= 4 is 28.0 Å². The van der Waals surface area contributed by atoms with Gasteiger partial charge < -0.3 is 15.5 Å². The predicted molar refractivity (Wildman–Crippen MR) is 101 cm³/mol. The van der Waals surface area contributed by atoms with E-state index in [-0.39, 0.29) is 12.5 Å². The number of carbonyl (C=O) groups is 1. The highest BCUT2D eigenvalue weighted by Gasteiger charge is 2.13. The highest BCUT2D eigenvalue weighted by Crippen LogP contribution is 2.31. The first-order valence-electron chi connectivity index (χ1n) is 8.14. The van der Waals surface area contributed by atoms with Crippen molar-refractivity contribution in [1.29, 1.82) is 0 Å². The van der Waals surface area contributed by atoms with Gasteiger partial charge in [0.15, 0.2) is 0 Å². The van der Waals surface area contributed by atoms with E-state index in [9.17, 15) is 4.79 Å². The fourth-order valence-corrected chi connectivity index (χ4v) is 3.14. The van der Waals surface area contributed by atoms with E-state index < -0.39 is 0 Å². The van der Waals surface area contributed by atoms with Crippen LogP contribution < -0.4 is 11.1 Å². The van der Waals surface area contributed by atoms with Crippen molar-refractivity contribution in [3.63, 3.8) is 0 Å². The maximum atomic E-state index is 11.5. The van der Waals surface area contributed by atoms with Crippen LogP contribution in [0.5, 0.6) is 0 Å². The van der Waals surface area contributed by atoms with E-state index in [1.165, 1.54) is 10.8 Å². The van der Waals surface area contributed by atoms with E-state index in [4.69, 9.17) is 10.7 Å². The maximum Gasteiger partial charge on any atom is 0.238 e. The van der Waals surface area contributed by atoms with E-state index >= 15 is 0 Å². The smallest absolute Gasteiger partial charge is 0.238 e. The van der Waals surface area contributed by atoms with Crippen LogP contribution in [0.15, 0.2) is 60.8 Å². The highest BCUT2D eigenvalue weighted by atomic mass is 16.1. The molecule has 2 aromatic carbocycles. The summed E-state index contributed by atoms with van der Waals surface area (Å²) in [5.74, 6) is -0.216. The van der Waals surface area contributed by atoms with Gasteiger partial charge in [-0.05, 0) is 29.8 Å². The number of imidazole rings is 1. The fourth-order valence-electron chi connectivity index (χ4n) is 3.14. The van der Waals surface area contributed by atoms with Gasteiger partial charge in [0.25, 0.3) is 0 Å². The first-order valence-corrected chi connectivity index (χ1v) is 8.14. The van der Waals surface area contributed by atoms with Crippen LogP contribution in [0.1, 0.15) is 5.69 Å². The number of pyridine rings is 1. The lowest BCUT2D eigenvalue weighted by Crippen LogP contribution is -2.21. The van der Waals surface area contributed by atoms with Crippen molar-refractivity contribution in [1.82, 2.24) is 9.38 Å². The molecule has 1 amide bonds. The topological polar surface area (TPSA) is 72.4 Å². The van der Waals surface area contributed by atoms with Crippen LogP contribution in [0.4, 0.5) is 5.69 Å². The minimum Gasteiger partial charge on any atom is -0.324 e. The Morgan fingerprint density at radius 1 is 1.12 bits per heavy atom. The first kappa shape index (κ1) is 15.4. The third kappa shape index (κ3) is 2.64. The van der Waals surface area contributed by atoms with Gasteiger partial charge in [-0.3, -0.25) is 4.79 Å². The van der Waals surface area contributed by atoms with Crippen LogP contribution in [0.2, 0.25) is 0 Å². The minimum absolute atomic E-state index is 0.0395. The molecule has 0 atom stereocenters. The lowest BCUT2D eigenvalue weighted by atomic mass is 10.0. The summed E-state index contributed by atoms with van der Waals surface area (Å²) >= 11 is 0. The fraction of sp³-hybridized carbons (Fsp3) is 0.100. The summed E-state index contributed by atoms with van der Waals surface area (Å²) < 4.78 is 1.99. The second-order valence-electron chi connectivity index (χ2n) is 5.97. The summed E-state index contributed by atoms with van der Waals surface area (Å²) in [5, 5.41) is 5.14. The summed E-state index contributed by atoms with van der Waals surface area (Å²) in [7, 11) is 0. The SMILES string of the molecule is Cc1c(-c2cccc3ccccc23)nc2ccc(NC(=O)CN)cn12. The van der Waals surface area contributed by atoms with E-state index in [1.807, 2.05) is 47.9 Å². The van der Waals surface area contributed by atoms with Gasteiger partial charge in [-0.1, -0.05) is 42.5 Å². The number of carbonyl (C=O) groups excluding carboxylic acids is 1. The van der Waals surface area contributed by atoms with Crippen molar-refractivity contribution in [3.8, 4) is 11.3 Å². The molecule has 0 aliphatic heterocycles. The van der Waals surface area contributed by atoms with Crippen LogP contribution in [0.25, 0.3) is 27.7 Å². The van der Waals surface area contributed by atoms with Crippen molar-refractivity contribution in [2.45, 2.75) is 6.92 Å². The number of anilines is 1. The van der Waals surface area contributed by atoms with Crippen molar-refractivity contribution < 1.29 is 4.79 Å². The largest absolute Gasteiger partial charge is 0.324 e. The Bertz CT molecular complexity index is 1090. The van der Waals surface area contributed by atoms with E-state index in [1.54, 1.807) is 0 Å². The molecule has 4 rings (SSSR count).